The van der Waals surface area contributed by atoms with E-state index in [4.69, 9.17) is 0 Å². The van der Waals surface area contributed by atoms with Crippen LogP contribution in [0.1, 0.15) is 45.4 Å². The maximum Gasteiger partial charge on any atom is 0.351 e. The van der Waals surface area contributed by atoms with Gasteiger partial charge < -0.3 is 9.64 Å². The van der Waals surface area contributed by atoms with Gasteiger partial charge in [-0.15, -0.1) is 0 Å². The Kier molecular flexibility index (Phi) is 8.29. The van der Waals surface area contributed by atoms with Crippen molar-refractivity contribution in [3.63, 3.8) is 0 Å². The molecular weight excluding hydrogens is 298 g/mol. The van der Waals surface area contributed by atoms with Crippen LogP contribution in [0.3, 0.4) is 0 Å². The highest BCUT2D eigenvalue weighted by Crippen LogP contribution is 2.24. The number of esters is 1. The largest absolute Gasteiger partial charge is 0.469 e. The molecule has 0 atom stereocenters. The van der Waals surface area contributed by atoms with Crippen LogP contribution in [0.25, 0.3) is 0 Å². The minimum atomic E-state index is -0.656. The van der Waals surface area contributed by atoms with Gasteiger partial charge in [-0.1, -0.05) is 19.3 Å². The summed E-state index contributed by atoms with van der Waals surface area (Å²) in [7, 11) is 3.17. The van der Waals surface area contributed by atoms with Crippen molar-refractivity contribution < 1.29 is 19.1 Å². The molecule has 0 spiro atoms. The zero-order valence-electron chi connectivity index (χ0n) is 14.3. The molecule has 0 N–H and O–H groups in total. The number of nitrogens with zero attached hydrogens (tertiary/aromatic N) is 3. The zero-order valence-corrected chi connectivity index (χ0v) is 14.3. The maximum absolute atomic E-state index is 12.0. The van der Waals surface area contributed by atoms with E-state index in [9.17, 15) is 14.4 Å². The lowest BCUT2D eigenvalue weighted by atomic mass is 9.89. The van der Waals surface area contributed by atoms with Crippen LogP contribution in [0.2, 0.25) is 0 Å². The fraction of sp³-hybridized carbons (Fsp3) is 0.750. The van der Waals surface area contributed by atoms with Gasteiger partial charge in [-0.3, -0.25) is 14.5 Å². The average molecular weight is 325 g/mol. The van der Waals surface area contributed by atoms with Gasteiger partial charge in [0.1, 0.15) is 5.84 Å². The Labute approximate surface area is 137 Å². The number of methoxy groups -OCH3 is 1. The Morgan fingerprint density at radius 3 is 2.48 bits per heavy atom. The maximum atomic E-state index is 12.0. The molecule has 1 aliphatic rings. The number of imide groups is 1. The normalized spacial score (nSPS) is 15.9. The van der Waals surface area contributed by atoms with Gasteiger partial charge in [-0.05, 0) is 25.7 Å². The van der Waals surface area contributed by atoms with Crippen LogP contribution in [-0.2, 0) is 14.3 Å². The molecule has 1 aliphatic carbocycles. The topological polar surface area (TPSA) is 79.3 Å². The lowest BCUT2D eigenvalue weighted by Crippen LogP contribution is -2.34. The van der Waals surface area contributed by atoms with E-state index < -0.39 is 12.0 Å². The molecule has 1 rings (SSSR count). The molecule has 0 radical (unpaired) electrons. The molecule has 1 saturated carbocycles. The number of amidine groups is 1. The highest BCUT2D eigenvalue weighted by Gasteiger charge is 2.18. The van der Waals surface area contributed by atoms with Crippen LogP contribution < -0.4 is 0 Å². The minimum absolute atomic E-state index is 0.0296. The van der Waals surface area contributed by atoms with E-state index >= 15 is 0 Å². The summed E-state index contributed by atoms with van der Waals surface area (Å²) in [4.78, 5) is 40.9. The van der Waals surface area contributed by atoms with Crippen molar-refractivity contribution in [3.8, 4) is 0 Å². The first-order valence-electron chi connectivity index (χ1n) is 8.07. The molecule has 3 amide bonds. The van der Waals surface area contributed by atoms with Crippen LogP contribution in [0, 0.1) is 5.92 Å². The van der Waals surface area contributed by atoms with Gasteiger partial charge in [-0.2, -0.15) is 4.99 Å². The van der Waals surface area contributed by atoms with Gasteiger partial charge in [-0.25, -0.2) is 4.79 Å². The zero-order chi connectivity index (χ0) is 17.2. The first-order chi connectivity index (χ1) is 11.0. The third kappa shape index (κ3) is 6.80. The number of aliphatic imine (C=N–C) groups is 1. The second-order valence-corrected chi connectivity index (χ2v) is 5.95. The Morgan fingerprint density at radius 2 is 1.91 bits per heavy atom. The highest BCUT2D eigenvalue weighted by atomic mass is 16.5. The molecule has 7 nitrogen and oxygen atoms in total. The summed E-state index contributed by atoms with van der Waals surface area (Å²) < 4.78 is 4.49. The fourth-order valence-electron chi connectivity index (χ4n) is 2.68. The van der Waals surface area contributed by atoms with Gasteiger partial charge in [0.05, 0.1) is 13.5 Å². The predicted molar refractivity (Wildman–Crippen MR) is 87.1 cm³/mol. The first-order valence-corrected chi connectivity index (χ1v) is 8.07. The standard InChI is InChI=1S/C16H27N3O4/c1-13(18(2)11-14-7-5-4-6-8-14)17-16(22)19(12-20)10-9-15(21)23-3/h12,14H,4-11H2,1-3H3/b17-13-. The van der Waals surface area contributed by atoms with E-state index in [2.05, 4.69) is 9.73 Å². The number of rotatable bonds is 6. The third-order valence-electron chi connectivity index (χ3n) is 4.22. The summed E-state index contributed by atoms with van der Waals surface area (Å²) >= 11 is 0. The van der Waals surface area contributed by atoms with Gasteiger partial charge in [0, 0.05) is 20.1 Å². The Hall–Kier alpha value is -1.92. The summed E-state index contributed by atoms with van der Waals surface area (Å²) in [6.45, 7) is 2.59. The number of carbonyl (C=O) groups excluding carboxylic acids is 3. The highest BCUT2D eigenvalue weighted by molar-refractivity contribution is 5.96. The van der Waals surface area contributed by atoms with Gasteiger partial charge in [0.25, 0.3) is 0 Å². The van der Waals surface area contributed by atoms with Crippen molar-refractivity contribution in [2.45, 2.75) is 45.4 Å². The van der Waals surface area contributed by atoms with E-state index in [1.165, 1.54) is 39.2 Å². The molecule has 130 valence electrons. The molecule has 0 unspecified atom stereocenters. The van der Waals surface area contributed by atoms with Crippen LogP contribution in [0.5, 0.6) is 0 Å². The minimum Gasteiger partial charge on any atom is -0.469 e. The number of urea groups is 1. The summed E-state index contributed by atoms with van der Waals surface area (Å²) in [6.07, 6.45) is 6.62. The molecular formula is C16H27N3O4. The summed E-state index contributed by atoms with van der Waals surface area (Å²) in [5.74, 6) is 0.737. The quantitative estimate of drug-likeness (QED) is 0.323. The van der Waals surface area contributed by atoms with Gasteiger partial charge in [0.15, 0.2) is 0 Å². The molecule has 0 aromatic rings. The van der Waals surface area contributed by atoms with Crippen LogP contribution in [0.4, 0.5) is 4.79 Å². The predicted octanol–water partition coefficient (Wildman–Crippen LogP) is 2.06. The first kappa shape index (κ1) is 19.1. The molecule has 23 heavy (non-hydrogen) atoms. The third-order valence-corrected chi connectivity index (χ3v) is 4.22. The van der Waals surface area contributed by atoms with Crippen LogP contribution >= 0.6 is 0 Å². The second kappa shape index (κ2) is 9.97. The average Bonchev–Trinajstić information content (AvgIpc) is 2.55. The van der Waals surface area contributed by atoms with E-state index in [0.717, 1.165) is 11.4 Å². The van der Waals surface area contributed by atoms with Crippen molar-refractivity contribution >= 4 is 24.2 Å². The second-order valence-electron chi connectivity index (χ2n) is 5.95. The fourth-order valence-corrected chi connectivity index (χ4v) is 2.68. The molecule has 0 bridgehead atoms. The van der Waals surface area contributed by atoms with Crippen molar-refractivity contribution in [3.05, 3.63) is 0 Å². The lowest BCUT2D eigenvalue weighted by Gasteiger charge is -2.28. The summed E-state index contributed by atoms with van der Waals surface area (Å²) in [5.41, 5.74) is 0. The van der Waals surface area contributed by atoms with Crippen molar-refractivity contribution in [2.24, 2.45) is 10.9 Å². The lowest BCUT2D eigenvalue weighted by molar-refractivity contribution is -0.140. The summed E-state index contributed by atoms with van der Waals surface area (Å²) in [6, 6.07) is -0.656. The molecule has 0 aliphatic heterocycles. The molecule has 0 aromatic carbocycles. The number of hydrogen-bond donors (Lipinski definition) is 0. The van der Waals surface area contributed by atoms with Crippen molar-refractivity contribution in [2.75, 3.05) is 27.2 Å². The van der Waals surface area contributed by atoms with E-state index in [0.29, 0.717) is 18.2 Å². The van der Waals surface area contributed by atoms with Crippen molar-refractivity contribution in [1.82, 2.24) is 9.80 Å². The van der Waals surface area contributed by atoms with Crippen LogP contribution in [0.15, 0.2) is 4.99 Å². The smallest absolute Gasteiger partial charge is 0.351 e. The molecule has 0 heterocycles. The Balaban J connectivity index is 2.53. The molecule has 0 aromatic heterocycles. The Bertz CT molecular complexity index is 445. The van der Waals surface area contributed by atoms with E-state index in [1.807, 2.05) is 11.9 Å². The number of amides is 3. The van der Waals surface area contributed by atoms with E-state index in [-0.39, 0.29) is 13.0 Å². The molecule has 1 fully saturated rings. The van der Waals surface area contributed by atoms with E-state index in [1.54, 1.807) is 6.92 Å². The number of hydrogen-bond acceptors (Lipinski definition) is 4. The Morgan fingerprint density at radius 1 is 1.26 bits per heavy atom. The van der Waals surface area contributed by atoms with Gasteiger partial charge in [0.2, 0.25) is 6.41 Å². The molecule has 7 heteroatoms. The van der Waals surface area contributed by atoms with Gasteiger partial charge >= 0.3 is 12.0 Å². The number of ether oxygens (including phenoxy) is 1. The molecule has 0 saturated heterocycles. The SMILES string of the molecule is COC(=O)CCN(C=O)C(=O)/N=C(/C)N(C)CC1CCCCC1. The van der Waals surface area contributed by atoms with Crippen LogP contribution in [-0.4, -0.2) is 61.3 Å². The number of carbonyl (C=O) groups is 3. The van der Waals surface area contributed by atoms with Crippen molar-refractivity contribution in [1.29, 1.82) is 0 Å². The summed E-state index contributed by atoms with van der Waals surface area (Å²) in [5, 5.41) is 0. The monoisotopic (exact) mass is 325 g/mol.